The van der Waals surface area contributed by atoms with Gasteiger partial charge in [-0.3, -0.25) is 14.9 Å². The van der Waals surface area contributed by atoms with Crippen molar-refractivity contribution in [2.75, 3.05) is 13.2 Å². The Morgan fingerprint density at radius 1 is 1.30 bits per heavy atom. The van der Waals surface area contributed by atoms with E-state index in [0.29, 0.717) is 0 Å². The van der Waals surface area contributed by atoms with Crippen LogP contribution in [0.25, 0.3) is 0 Å². The highest BCUT2D eigenvalue weighted by Crippen LogP contribution is 2.25. The van der Waals surface area contributed by atoms with Crippen molar-refractivity contribution in [2.45, 2.75) is 32.7 Å². The maximum absolute atomic E-state index is 11.5. The zero-order valence-corrected chi connectivity index (χ0v) is 13.1. The largest absolute Gasteiger partial charge is 0.475 e. The minimum atomic E-state index is -0.776. The number of ether oxygens (including phenoxy) is 2. The van der Waals surface area contributed by atoms with Gasteiger partial charge in [0.2, 0.25) is 0 Å². The van der Waals surface area contributed by atoms with E-state index in [9.17, 15) is 19.7 Å². The van der Waals surface area contributed by atoms with Crippen molar-refractivity contribution >= 4 is 17.6 Å². The molecule has 0 saturated carbocycles. The van der Waals surface area contributed by atoms with E-state index < -0.39 is 30.0 Å². The first-order valence-electron chi connectivity index (χ1n) is 7.25. The van der Waals surface area contributed by atoms with Crippen LogP contribution in [0.15, 0.2) is 24.3 Å². The van der Waals surface area contributed by atoms with Gasteiger partial charge in [-0.05, 0) is 19.4 Å². The molecule has 1 rings (SSSR count). The summed E-state index contributed by atoms with van der Waals surface area (Å²) in [5.74, 6) is -1.21. The molecule has 0 bridgehead atoms. The fraction of sp³-hybridized carbons (Fsp3) is 0.467. The summed E-state index contributed by atoms with van der Waals surface area (Å²) in [5, 5.41) is 13.5. The Morgan fingerprint density at radius 3 is 2.65 bits per heavy atom. The first kappa shape index (κ1) is 18.4. The van der Waals surface area contributed by atoms with Gasteiger partial charge in [0.15, 0.2) is 19.0 Å². The lowest BCUT2D eigenvalue weighted by Crippen LogP contribution is -2.36. The van der Waals surface area contributed by atoms with Crippen LogP contribution >= 0.6 is 0 Å². The lowest BCUT2D eigenvalue weighted by atomic mass is 10.2. The molecule has 0 aliphatic carbocycles. The summed E-state index contributed by atoms with van der Waals surface area (Å²) in [6, 6.07) is 5.70. The Labute approximate surface area is 133 Å². The van der Waals surface area contributed by atoms with Gasteiger partial charge in [0, 0.05) is 12.1 Å². The maximum atomic E-state index is 11.5. The standard InChI is InChI=1S/C15H20N2O6/c1-3-6-11(2)16-14(18)9-23-15(19)10-22-13-8-5-4-7-12(13)17(20)21/h4-5,7-8,11H,3,6,9-10H2,1-2H3,(H,16,18)/t11-/m1/s1. The summed E-state index contributed by atoms with van der Waals surface area (Å²) in [7, 11) is 0. The molecule has 0 saturated heterocycles. The van der Waals surface area contributed by atoms with Gasteiger partial charge in [-0.2, -0.15) is 0 Å². The van der Waals surface area contributed by atoms with Crippen molar-refractivity contribution in [1.29, 1.82) is 0 Å². The Morgan fingerprint density at radius 2 is 2.00 bits per heavy atom. The number of hydrogen-bond donors (Lipinski definition) is 1. The van der Waals surface area contributed by atoms with Crippen LogP contribution in [0.4, 0.5) is 5.69 Å². The number of esters is 1. The van der Waals surface area contributed by atoms with Crippen molar-refractivity contribution in [3.63, 3.8) is 0 Å². The van der Waals surface area contributed by atoms with Crippen LogP contribution in [0.1, 0.15) is 26.7 Å². The molecule has 0 unspecified atom stereocenters. The zero-order valence-electron chi connectivity index (χ0n) is 13.1. The van der Waals surface area contributed by atoms with Crippen LogP contribution in [0.2, 0.25) is 0 Å². The average Bonchev–Trinajstić information content (AvgIpc) is 2.51. The number of para-hydroxylation sites is 2. The van der Waals surface area contributed by atoms with E-state index >= 15 is 0 Å². The summed E-state index contributed by atoms with van der Waals surface area (Å²) in [4.78, 5) is 33.2. The van der Waals surface area contributed by atoms with Crippen molar-refractivity contribution in [3.8, 4) is 5.75 Å². The molecule has 0 aromatic heterocycles. The minimum Gasteiger partial charge on any atom is -0.475 e. The Kier molecular flexibility index (Phi) is 7.52. The number of rotatable bonds is 9. The molecule has 0 spiro atoms. The third kappa shape index (κ3) is 6.77. The highest BCUT2D eigenvalue weighted by Gasteiger charge is 2.16. The van der Waals surface area contributed by atoms with E-state index in [-0.39, 0.29) is 17.5 Å². The number of nitro groups is 1. The lowest BCUT2D eigenvalue weighted by molar-refractivity contribution is -0.385. The SMILES string of the molecule is CCC[C@@H](C)NC(=O)COC(=O)COc1ccccc1[N+](=O)[O-]. The molecule has 0 fully saturated rings. The van der Waals surface area contributed by atoms with E-state index in [1.165, 1.54) is 18.2 Å². The molecule has 1 aromatic rings. The molecule has 1 aromatic carbocycles. The lowest BCUT2D eigenvalue weighted by Gasteiger charge is -2.12. The van der Waals surface area contributed by atoms with Crippen LogP contribution < -0.4 is 10.1 Å². The molecule has 0 heterocycles. The molecule has 8 nitrogen and oxygen atoms in total. The second-order valence-corrected chi connectivity index (χ2v) is 4.93. The van der Waals surface area contributed by atoms with Gasteiger partial charge in [0.1, 0.15) is 0 Å². The molecule has 0 radical (unpaired) electrons. The van der Waals surface area contributed by atoms with Gasteiger partial charge in [0.05, 0.1) is 4.92 Å². The molecule has 8 heteroatoms. The number of nitrogens with zero attached hydrogens (tertiary/aromatic N) is 1. The van der Waals surface area contributed by atoms with E-state index in [4.69, 9.17) is 9.47 Å². The second kappa shape index (κ2) is 9.39. The molecule has 126 valence electrons. The summed E-state index contributed by atoms with van der Waals surface area (Å²) in [6.45, 7) is 2.94. The topological polar surface area (TPSA) is 108 Å². The van der Waals surface area contributed by atoms with Crippen LogP contribution in [-0.2, 0) is 14.3 Å². The van der Waals surface area contributed by atoms with Gasteiger partial charge in [-0.25, -0.2) is 4.79 Å². The Balaban J connectivity index is 2.38. The molecule has 0 aliphatic heterocycles. The van der Waals surface area contributed by atoms with Gasteiger partial charge >= 0.3 is 11.7 Å². The van der Waals surface area contributed by atoms with Crippen LogP contribution in [0.3, 0.4) is 0 Å². The van der Waals surface area contributed by atoms with Crippen molar-refractivity contribution in [2.24, 2.45) is 0 Å². The summed E-state index contributed by atoms with van der Waals surface area (Å²) in [6.07, 6.45) is 1.77. The Hall–Kier alpha value is -2.64. The quantitative estimate of drug-likeness (QED) is 0.422. The van der Waals surface area contributed by atoms with Crippen molar-refractivity contribution in [3.05, 3.63) is 34.4 Å². The maximum Gasteiger partial charge on any atom is 0.344 e. The average molecular weight is 324 g/mol. The fourth-order valence-electron chi connectivity index (χ4n) is 1.88. The first-order chi connectivity index (χ1) is 10.9. The first-order valence-corrected chi connectivity index (χ1v) is 7.25. The summed E-state index contributed by atoms with van der Waals surface area (Å²) >= 11 is 0. The molecule has 1 amide bonds. The van der Waals surface area contributed by atoms with Gasteiger partial charge in [-0.1, -0.05) is 25.5 Å². The van der Waals surface area contributed by atoms with Crippen molar-refractivity contribution < 1.29 is 24.0 Å². The van der Waals surface area contributed by atoms with Gasteiger partial charge in [0.25, 0.3) is 5.91 Å². The number of carbonyl (C=O) groups excluding carboxylic acids is 2. The van der Waals surface area contributed by atoms with Crippen LogP contribution in [-0.4, -0.2) is 36.1 Å². The highest BCUT2D eigenvalue weighted by molar-refractivity contribution is 5.81. The number of nitrogens with one attached hydrogen (secondary N) is 1. The normalized spacial score (nSPS) is 11.4. The third-order valence-corrected chi connectivity index (χ3v) is 2.90. The van der Waals surface area contributed by atoms with E-state index in [2.05, 4.69) is 5.32 Å². The number of nitro benzene ring substituents is 1. The number of benzene rings is 1. The van der Waals surface area contributed by atoms with Crippen molar-refractivity contribution in [1.82, 2.24) is 5.32 Å². The molecular weight excluding hydrogens is 304 g/mol. The fourth-order valence-corrected chi connectivity index (χ4v) is 1.88. The third-order valence-electron chi connectivity index (χ3n) is 2.90. The number of carbonyl (C=O) groups is 2. The second-order valence-electron chi connectivity index (χ2n) is 4.93. The molecule has 23 heavy (non-hydrogen) atoms. The number of hydrogen-bond acceptors (Lipinski definition) is 6. The minimum absolute atomic E-state index is 0.00872. The van der Waals surface area contributed by atoms with Crippen LogP contribution in [0, 0.1) is 10.1 Å². The smallest absolute Gasteiger partial charge is 0.344 e. The number of amides is 1. The predicted molar refractivity (Wildman–Crippen MR) is 82.1 cm³/mol. The molecular formula is C15H20N2O6. The summed E-state index contributed by atoms with van der Waals surface area (Å²) < 4.78 is 9.82. The van der Waals surface area contributed by atoms with Crippen LogP contribution in [0.5, 0.6) is 5.75 Å². The van der Waals surface area contributed by atoms with E-state index in [1.54, 1.807) is 6.07 Å². The zero-order chi connectivity index (χ0) is 17.2. The molecule has 1 atom stereocenters. The molecule has 1 N–H and O–H groups in total. The predicted octanol–water partition coefficient (Wildman–Crippen LogP) is 1.82. The monoisotopic (exact) mass is 324 g/mol. The van der Waals surface area contributed by atoms with Gasteiger partial charge in [-0.15, -0.1) is 0 Å². The van der Waals surface area contributed by atoms with E-state index in [0.717, 1.165) is 12.8 Å². The Bertz CT molecular complexity index is 561. The van der Waals surface area contributed by atoms with E-state index in [1.807, 2.05) is 13.8 Å². The molecule has 0 aliphatic rings. The highest BCUT2D eigenvalue weighted by atomic mass is 16.6. The summed E-state index contributed by atoms with van der Waals surface area (Å²) in [5.41, 5.74) is -0.244. The van der Waals surface area contributed by atoms with Gasteiger partial charge < -0.3 is 14.8 Å².